The van der Waals surface area contributed by atoms with Gasteiger partial charge in [0.25, 0.3) is 0 Å². The zero-order valence-electron chi connectivity index (χ0n) is 20.3. The summed E-state index contributed by atoms with van der Waals surface area (Å²) in [5, 5.41) is 0. The SMILES string of the molecule is COc1ccc2nccc(N3CCCN(CC4CN(c5ccc6c(c5)OCCO6)C(=O)O4)CC3)c2n1. The van der Waals surface area contributed by atoms with Crippen molar-refractivity contribution in [1.29, 1.82) is 0 Å². The standard InChI is InChI=1S/C26H29N5O5/c1-33-24-6-4-20-25(28-24)21(7-8-27-20)30-10-2-9-29(11-12-30)16-19-17-31(26(32)36-19)18-3-5-22-23(15-18)35-14-13-34-22/h3-8,15,19H,2,9-14,16-17H2,1H3. The number of amides is 1. The van der Waals surface area contributed by atoms with Gasteiger partial charge in [-0.3, -0.25) is 14.8 Å². The number of carbonyl (C=O) groups excluding carboxylic acids is 1. The van der Waals surface area contributed by atoms with Crippen molar-refractivity contribution in [3.8, 4) is 17.4 Å². The lowest BCUT2D eigenvalue weighted by atomic mass is 10.2. The number of nitrogens with zero attached hydrogens (tertiary/aromatic N) is 5. The molecule has 2 fully saturated rings. The Kier molecular flexibility index (Phi) is 6.10. The predicted molar refractivity (Wildman–Crippen MR) is 134 cm³/mol. The fourth-order valence-electron chi connectivity index (χ4n) is 5.07. The smallest absolute Gasteiger partial charge is 0.414 e. The highest BCUT2D eigenvalue weighted by Crippen LogP contribution is 2.35. The van der Waals surface area contributed by atoms with E-state index in [1.54, 1.807) is 12.0 Å². The molecule has 10 nitrogen and oxygen atoms in total. The number of anilines is 2. The average Bonchev–Trinajstić information content (AvgIpc) is 3.12. The molecule has 188 valence electrons. The molecule has 10 heteroatoms. The number of carbonyl (C=O) groups is 1. The molecule has 2 aromatic heterocycles. The Morgan fingerprint density at radius 1 is 1.03 bits per heavy atom. The third-order valence-corrected chi connectivity index (χ3v) is 6.85. The summed E-state index contributed by atoms with van der Waals surface area (Å²) in [6, 6.07) is 11.4. The van der Waals surface area contributed by atoms with Crippen molar-refractivity contribution < 1.29 is 23.7 Å². The van der Waals surface area contributed by atoms with E-state index in [1.807, 2.05) is 42.6 Å². The maximum absolute atomic E-state index is 12.7. The molecule has 2 saturated heterocycles. The van der Waals surface area contributed by atoms with Crippen LogP contribution in [-0.4, -0.2) is 86.7 Å². The molecule has 0 bridgehead atoms. The van der Waals surface area contributed by atoms with Crippen molar-refractivity contribution in [2.45, 2.75) is 12.5 Å². The summed E-state index contributed by atoms with van der Waals surface area (Å²) in [6.07, 6.45) is 2.32. The van der Waals surface area contributed by atoms with Gasteiger partial charge >= 0.3 is 6.09 Å². The van der Waals surface area contributed by atoms with Crippen molar-refractivity contribution in [3.05, 3.63) is 42.6 Å². The van der Waals surface area contributed by atoms with Crippen LogP contribution in [0.5, 0.6) is 17.4 Å². The molecule has 3 aromatic rings. The Bertz CT molecular complexity index is 1270. The van der Waals surface area contributed by atoms with E-state index in [1.165, 1.54) is 0 Å². The van der Waals surface area contributed by atoms with Crippen LogP contribution in [0.1, 0.15) is 6.42 Å². The van der Waals surface area contributed by atoms with E-state index in [4.69, 9.17) is 18.9 Å². The number of pyridine rings is 2. The number of rotatable bonds is 5. The summed E-state index contributed by atoms with van der Waals surface area (Å²) < 4.78 is 22.3. The lowest BCUT2D eigenvalue weighted by molar-refractivity contribution is 0.111. The van der Waals surface area contributed by atoms with Crippen LogP contribution >= 0.6 is 0 Å². The highest BCUT2D eigenvalue weighted by Gasteiger charge is 2.34. The molecule has 5 heterocycles. The van der Waals surface area contributed by atoms with Crippen LogP contribution in [0, 0.1) is 0 Å². The molecule has 0 radical (unpaired) electrons. The van der Waals surface area contributed by atoms with Crippen LogP contribution in [0.4, 0.5) is 16.2 Å². The number of hydrogen-bond donors (Lipinski definition) is 0. The third-order valence-electron chi connectivity index (χ3n) is 6.85. The zero-order chi connectivity index (χ0) is 24.5. The van der Waals surface area contributed by atoms with Crippen molar-refractivity contribution in [2.24, 2.45) is 0 Å². The van der Waals surface area contributed by atoms with Crippen molar-refractivity contribution in [2.75, 3.05) is 69.4 Å². The van der Waals surface area contributed by atoms with Crippen LogP contribution in [0.2, 0.25) is 0 Å². The number of benzene rings is 1. The monoisotopic (exact) mass is 491 g/mol. The molecule has 3 aliphatic rings. The molecule has 0 saturated carbocycles. The van der Waals surface area contributed by atoms with Crippen LogP contribution < -0.4 is 24.0 Å². The Morgan fingerprint density at radius 3 is 2.81 bits per heavy atom. The van der Waals surface area contributed by atoms with E-state index in [-0.39, 0.29) is 12.2 Å². The van der Waals surface area contributed by atoms with E-state index in [9.17, 15) is 4.79 Å². The lowest BCUT2D eigenvalue weighted by Gasteiger charge is -2.25. The van der Waals surface area contributed by atoms with Crippen molar-refractivity contribution >= 4 is 28.5 Å². The Hall–Kier alpha value is -3.79. The van der Waals surface area contributed by atoms with Crippen molar-refractivity contribution in [3.63, 3.8) is 0 Å². The molecule has 0 spiro atoms. The largest absolute Gasteiger partial charge is 0.486 e. The fraction of sp³-hybridized carbons (Fsp3) is 0.423. The number of methoxy groups -OCH3 is 1. The average molecular weight is 492 g/mol. The normalized spacial score (nSPS) is 20.4. The van der Waals surface area contributed by atoms with E-state index >= 15 is 0 Å². The summed E-state index contributed by atoms with van der Waals surface area (Å²) >= 11 is 0. The Balaban J connectivity index is 1.10. The van der Waals surface area contributed by atoms with Crippen molar-refractivity contribution in [1.82, 2.24) is 14.9 Å². The first kappa shape index (κ1) is 22.7. The summed E-state index contributed by atoms with van der Waals surface area (Å²) in [7, 11) is 1.62. The van der Waals surface area contributed by atoms with Gasteiger partial charge in [-0.1, -0.05) is 0 Å². The van der Waals surface area contributed by atoms with Crippen LogP contribution in [0.3, 0.4) is 0 Å². The summed E-state index contributed by atoms with van der Waals surface area (Å²) in [5.74, 6) is 1.95. The minimum absolute atomic E-state index is 0.190. The second kappa shape index (κ2) is 9.69. The predicted octanol–water partition coefficient (Wildman–Crippen LogP) is 2.95. The molecule has 1 amide bonds. The highest BCUT2D eigenvalue weighted by atomic mass is 16.6. The molecule has 1 unspecified atom stereocenters. The van der Waals surface area contributed by atoms with E-state index in [2.05, 4.69) is 19.8 Å². The van der Waals surface area contributed by atoms with Gasteiger partial charge in [-0.15, -0.1) is 0 Å². The first-order valence-corrected chi connectivity index (χ1v) is 12.3. The first-order valence-electron chi connectivity index (χ1n) is 12.3. The van der Waals surface area contributed by atoms with Gasteiger partial charge in [-0.05, 0) is 30.7 Å². The maximum atomic E-state index is 12.7. The van der Waals surface area contributed by atoms with Gasteiger partial charge in [-0.2, -0.15) is 0 Å². The second-order valence-electron chi connectivity index (χ2n) is 9.14. The molecule has 36 heavy (non-hydrogen) atoms. The first-order chi connectivity index (χ1) is 17.7. The molecular formula is C26H29N5O5. The fourth-order valence-corrected chi connectivity index (χ4v) is 5.07. The maximum Gasteiger partial charge on any atom is 0.414 e. The quantitative estimate of drug-likeness (QED) is 0.534. The Labute approximate surface area is 209 Å². The number of cyclic esters (lactones) is 1. The van der Waals surface area contributed by atoms with Gasteiger partial charge in [0.05, 0.1) is 30.5 Å². The summed E-state index contributed by atoms with van der Waals surface area (Å²) in [4.78, 5) is 28.2. The van der Waals surface area contributed by atoms with Gasteiger partial charge in [0, 0.05) is 51.1 Å². The van der Waals surface area contributed by atoms with Crippen LogP contribution in [-0.2, 0) is 4.74 Å². The molecule has 1 aromatic carbocycles. The summed E-state index contributed by atoms with van der Waals surface area (Å²) in [6.45, 7) is 5.83. The number of ether oxygens (including phenoxy) is 4. The Morgan fingerprint density at radius 2 is 1.92 bits per heavy atom. The molecule has 0 aliphatic carbocycles. The number of hydrogen-bond acceptors (Lipinski definition) is 9. The van der Waals surface area contributed by atoms with Crippen LogP contribution in [0.15, 0.2) is 42.6 Å². The lowest BCUT2D eigenvalue weighted by Crippen LogP contribution is -2.37. The highest BCUT2D eigenvalue weighted by molar-refractivity contribution is 5.90. The van der Waals surface area contributed by atoms with Gasteiger partial charge < -0.3 is 23.8 Å². The van der Waals surface area contributed by atoms with E-state index in [0.29, 0.717) is 43.7 Å². The number of fused-ring (bicyclic) bond motifs is 2. The van der Waals surface area contributed by atoms with Gasteiger partial charge in [0.1, 0.15) is 24.8 Å². The molecule has 0 N–H and O–H groups in total. The molecular weight excluding hydrogens is 462 g/mol. The third kappa shape index (κ3) is 4.44. The second-order valence-corrected chi connectivity index (χ2v) is 9.14. The summed E-state index contributed by atoms with van der Waals surface area (Å²) in [5.41, 5.74) is 3.54. The van der Waals surface area contributed by atoms with Gasteiger partial charge in [0.2, 0.25) is 5.88 Å². The number of aromatic nitrogens is 2. The molecule has 6 rings (SSSR count). The topological polar surface area (TPSA) is 89.5 Å². The minimum Gasteiger partial charge on any atom is -0.486 e. The molecule has 3 aliphatic heterocycles. The van der Waals surface area contributed by atoms with E-state index in [0.717, 1.165) is 55.0 Å². The minimum atomic E-state index is -0.323. The van der Waals surface area contributed by atoms with Gasteiger partial charge in [0.15, 0.2) is 11.5 Å². The van der Waals surface area contributed by atoms with Crippen LogP contribution in [0.25, 0.3) is 11.0 Å². The zero-order valence-corrected chi connectivity index (χ0v) is 20.3. The van der Waals surface area contributed by atoms with Gasteiger partial charge in [-0.25, -0.2) is 9.78 Å². The molecule has 1 atom stereocenters. The van der Waals surface area contributed by atoms with E-state index < -0.39 is 0 Å².